The Kier molecular flexibility index (Phi) is 4.43. The second-order valence-corrected chi connectivity index (χ2v) is 9.52. The molecule has 1 saturated heterocycles. The molecule has 2 heterocycles. The fourth-order valence-electron chi connectivity index (χ4n) is 6.53. The number of benzene rings is 2. The van der Waals surface area contributed by atoms with E-state index in [0.717, 1.165) is 17.7 Å². The minimum absolute atomic E-state index is 0.0763. The van der Waals surface area contributed by atoms with Crippen LogP contribution in [-0.4, -0.2) is 59.5 Å². The molecule has 1 fully saturated rings. The molecule has 0 radical (unpaired) electrons. The highest BCUT2D eigenvalue weighted by Crippen LogP contribution is 2.65. The maximum absolute atomic E-state index is 12.9. The average Bonchev–Trinajstić information content (AvgIpc) is 3.19. The van der Waals surface area contributed by atoms with Crippen LogP contribution in [0, 0.1) is 0 Å². The summed E-state index contributed by atoms with van der Waals surface area (Å²) >= 11 is 0. The molecule has 7 nitrogen and oxygen atoms in total. The maximum Gasteiger partial charge on any atom is 0.344 e. The summed E-state index contributed by atoms with van der Waals surface area (Å²) in [7, 11) is 3.64. The molecule has 172 valence electrons. The fraction of sp³-hybridized carbons (Fsp3) is 0.423. The molecule has 0 saturated carbocycles. The van der Waals surface area contributed by atoms with E-state index in [0.29, 0.717) is 42.1 Å². The molecule has 6 rings (SSSR count). The zero-order valence-electron chi connectivity index (χ0n) is 18.7. The van der Waals surface area contributed by atoms with Crippen molar-refractivity contribution >= 4 is 5.97 Å². The topological polar surface area (TPSA) is 88.5 Å². The van der Waals surface area contributed by atoms with Crippen molar-refractivity contribution in [2.75, 3.05) is 20.7 Å². The second-order valence-electron chi connectivity index (χ2n) is 9.52. The molecular weight excluding hydrogens is 422 g/mol. The third-order valence-electron chi connectivity index (χ3n) is 8.11. The largest absolute Gasteiger partial charge is 0.493 e. The smallest absolute Gasteiger partial charge is 0.344 e. The van der Waals surface area contributed by atoms with Crippen LogP contribution in [0.25, 0.3) is 0 Å². The van der Waals surface area contributed by atoms with Crippen molar-refractivity contribution in [3.63, 3.8) is 0 Å². The standard InChI is InChI=1S/C26H27NO6/c1-27-13-12-25-20-16-8-9-17(31-2)22(20)33-23(25)18(10-11-26(25,30)19(27)14-16)32-24(29)21(28)15-6-4-3-5-7-15/h3-10,19,21,23,28,30H,11-14H2,1-2H3/t19-,21-,23?,25?,26-/m1/s1. The lowest BCUT2D eigenvalue weighted by Crippen LogP contribution is -2.74. The number of ether oxygens (including phenoxy) is 3. The van der Waals surface area contributed by atoms with Crippen LogP contribution in [0.2, 0.25) is 0 Å². The fourth-order valence-corrected chi connectivity index (χ4v) is 6.53. The molecule has 2 aromatic carbocycles. The number of aliphatic hydroxyl groups excluding tert-OH is 1. The summed E-state index contributed by atoms with van der Waals surface area (Å²) in [6, 6.07) is 12.6. The Bertz CT molecular complexity index is 1160. The van der Waals surface area contributed by atoms with E-state index in [1.165, 1.54) is 0 Å². The van der Waals surface area contributed by atoms with Crippen LogP contribution in [0.3, 0.4) is 0 Å². The van der Waals surface area contributed by atoms with Crippen LogP contribution in [0.1, 0.15) is 35.6 Å². The van der Waals surface area contributed by atoms with Crippen molar-refractivity contribution in [2.24, 2.45) is 0 Å². The van der Waals surface area contributed by atoms with Crippen molar-refractivity contribution in [1.29, 1.82) is 0 Å². The zero-order chi connectivity index (χ0) is 23.0. The molecule has 2 aromatic rings. The van der Waals surface area contributed by atoms with Crippen LogP contribution in [-0.2, 0) is 21.4 Å². The third kappa shape index (κ3) is 2.58. The number of nitrogens with zero attached hydrogens (tertiary/aromatic N) is 1. The van der Waals surface area contributed by atoms with Crippen molar-refractivity contribution in [3.05, 3.63) is 71.0 Å². The Morgan fingerprint density at radius 3 is 2.79 bits per heavy atom. The highest BCUT2D eigenvalue weighted by molar-refractivity contribution is 5.77. The van der Waals surface area contributed by atoms with E-state index in [1.54, 1.807) is 37.5 Å². The van der Waals surface area contributed by atoms with Gasteiger partial charge in [0.2, 0.25) is 0 Å². The number of carbonyl (C=O) groups is 1. The van der Waals surface area contributed by atoms with Gasteiger partial charge in [0.1, 0.15) is 5.76 Å². The minimum atomic E-state index is -1.41. The first-order chi connectivity index (χ1) is 15.9. The Morgan fingerprint density at radius 2 is 2.03 bits per heavy atom. The Morgan fingerprint density at radius 1 is 1.24 bits per heavy atom. The molecule has 2 unspecified atom stereocenters. The molecule has 2 aliphatic carbocycles. The second kappa shape index (κ2) is 7.06. The Balaban J connectivity index is 1.44. The number of methoxy groups -OCH3 is 1. The van der Waals surface area contributed by atoms with Gasteiger partial charge in [-0.25, -0.2) is 4.79 Å². The maximum atomic E-state index is 12.9. The number of piperidine rings is 1. The van der Waals surface area contributed by atoms with Gasteiger partial charge in [-0.2, -0.15) is 0 Å². The molecule has 1 spiro atoms. The molecule has 2 bridgehead atoms. The highest BCUT2D eigenvalue weighted by atomic mass is 16.6. The van der Waals surface area contributed by atoms with Gasteiger partial charge in [-0.1, -0.05) is 36.4 Å². The van der Waals surface area contributed by atoms with Crippen molar-refractivity contribution in [1.82, 2.24) is 4.90 Å². The first-order valence-electron chi connectivity index (χ1n) is 11.3. The molecular formula is C26H27NO6. The van der Waals surface area contributed by atoms with Crippen molar-refractivity contribution in [2.45, 2.75) is 48.5 Å². The van der Waals surface area contributed by atoms with Crippen LogP contribution >= 0.6 is 0 Å². The van der Waals surface area contributed by atoms with Gasteiger partial charge in [-0.3, -0.25) is 0 Å². The lowest BCUT2D eigenvalue weighted by Gasteiger charge is -2.61. The van der Waals surface area contributed by atoms with E-state index >= 15 is 0 Å². The number of likely N-dealkylation sites (tertiary alicyclic amines) is 1. The van der Waals surface area contributed by atoms with E-state index in [2.05, 4.69) is 11.0 Å². The number of rotatable bonds is 4. The number of aliphatic hydroxyl groups is 2. The third-order valence-corrected chi connectivity index (χ3v) is 8.11. The number of hydrogen-bond donors (Lipinski definition) is 2. The molecule has 0 aromatic heterocycles. The Hall–Kier alpha value is -2.87. The van der Waals surface area contributed by atoms with Crippen LogP contribution in [0.5, 0.6) is 11.5 Å². The van der Waals surface area contributed by atoms with Gasteiger partial charge in [0.15, 0.2) is 23.7 Å². The van der Waals surface area contributed by atoms with Crippen LogP contribution < -0.4 is 9.47 Å². The summed E-state index contributed by atoms with van der Waals surface area (Å²) in [4.78, 5) is 15.1. The molecule has 5 atom stereocenters. The van der Waals surface area contributed by atoms with E-state index < -0.39 is 29.2 Å². The van der Waals surface area contributed by atoms with E-state index in [4.69, 9.17) is 14.2 Å². The summed E-state index contributed by atoms with van der Waals surface area (Å²) in [6.45, 7) is 0.788. The SMILES string of the molecule is COc1ccc2c3c1OC1C(OC(=O)[C@H](O)c4ccccc4)=CC[C@@]4(O)[C@@H](C2)N(C)CCC314. The van der Waals surface area contributed by atoms with E-state index in [-0.39, 0.29) is 6.04 Å². The van der Waals surface area contributed by atoms with Gasteiger partial charge >= 0.3 is 5.97 Å². The lowest BCUT2D eigenvalue weighted by atomic mass is 9.50. The summed E-state index contributed by atoms with van der Waals surface area (Å²) in [5.41, 5.74) is 0.757. The van der Waals surface area contributed by atoms with E-state index in [9.17, 15) is 15.0 Å². The molecule has 2 N–H and O–H groups in total. The normalized spacial score (nSPS) is 32.3. The van der Waals surface area contributed by atoms with Crippen molar-refractivity contribution in [3.8, 4) is 11.5 Å². The highest BCUT2D eigenvalue weighted by Gasteiger charge is 2.72. The quantitative estimate of drug-likeness (QED) is 0.692. The lowest BCUT2D eigenvalue weighted by molar-refractivity contribution is -0.172. The van der Waals surface area contributed by atoms with Gasteiger partial charge in [0, 0.05) is 18.0 Å². The molecule has 7 heteroatoms. The van der Waals surface area contributed by atoms with Crippen LogP contribution in [0.15, 0.2) is 54.3 Å². The molecule has 0 amide bonds. The first kappa shape index (κ1) is 20.7. The summed E-state index contributed by atoms with van der Waals surface area (Å²) in [5, 5.41) is 22.8. The van der Waals surface area contributed by atoms with Gasteiger partial charge in [0.25, 0.3) is 0 Å². The minimum Gasteiger partial charge on any atom is -0.493 e. The van der Waals surface area contributed by atoms with Gasteiger partial charge < -0.3 is 29.3 Å². The number of likely N-dealkylation sites (N-methyl/N-ethyl adjacent to an activating group) is 1. The summed E-state index contributed by atoms with van der Waals surface area (Å²) < 4.78 is 17.8. The summed E-state index contributed by atoms with van der Waals surface area (Å²) in [5.74, 6) is 0.802. The number of hydrogen-bond acceptors (Lipinski definition) is 7. The molecule has 33 heavy (non-hydrogen) atoms. The summed E-state index contributed by atoms with van der Waals surface area (Å²) in [6.07, 6.45) is 1.38. The first-order valence-corrected chi connectivity index (χ1v) is 11.3. The van der Waals surface area contributed by atoms with Gasteiger partial charge in [-0.15, -0.1) is 0 Å². The van der Waals surface area contributed by atoms with Crippen LogP contribution in [0.4, 0.5) is 0 Å². The average molecular weight is 450 g/mol. The zero-order valence-corrected chi connectivity index (χ0v) is 18.7. The predicted molar refractivity (Wildman–Crippen MR) is 119 cm³/mol. The van der Waals surface area contributed by atoms with Crippen molar-refractivity contribution < 1.29 is 29.2 Å². The number of esters is 1. The Labute approximate surface area is 192 Å². The van der Waals surface area contributed by atoms with Gasteiger partial charge in [-0.05, 0) is 49.7 Å². The monoisotopic (exact) mass is 449 g/mol. The van der Waals surface area contributed by atoms with E-state index in [1.807, 2.05) is 19.2 Å². The molecule has 4 aliphatic rings. The van der Waals surface area contributed by atoms with Gasteiger partial charge in [0.05, 0.1) is 18.1 Å². The predicted octanol–water partition coefficient (Wildman–Crippen LogP) is 2.25. The number of carbonyl (C=O) groups excluding carboxylic acids is 1. The molecule has 2 aliphatic heterocycles.